The molecule has 0 aliphatic heterocycles. The van der Waals surface area contributed by atoms with Crippen molar-refractivity contribution in [1.29, 1.82) is 0 Å². The molecule has 0 saturated carbocycles. The van der Waals surface area contributed by atoms with Gasteiger partial charge in [0.2, 0.25) is 11.2 Å². The van der Waals surface area contributed by atoms with E-state index in [4.69, 9.17) is 17.3 Å². The van der Waals surface area contributed by atoms with Crippen molar-refractivity contribution < 1.29 is 0 Å². The Hall–Kier alpha value is -0.830. The van der Waals surface area contributed by atoms with E-state index in [0.717, 1.165) is 40.8 Å². The molecule has 0 atom stereocenters. The van der Waals surface area contributed by atoms with Crippen molar-refractivity contribution in [3.05, 3.63) is 39.0 Å². The normalized spacial score (nSPS) is 10.0. The maximum Gasteiger partial charge on any atom is 0.222 e. The van der Waals surface area contributed by atoms with Gasteiger partial charge in [-0.2, -0.15) is 0 Å². The molecular formula is C18H29Br2ClN6. The molecule has 2 aromatic heterocycles. The summed E-state index contributed by atoms with van der Waals surface area (Å²) in [5.74, 6) is 2.18. The lowest BCUT2D eigenvalue weighted by molar-refractivity contribution is 0.596. The summed E-state index contributed by atoms with van der Waals surface area (Å²) >= 11 is 11.8. The summed E-state index contributed by atoms with van der Waals surface area (Å²) in [5.41, 5.74) is 5.23. The van der Waals surface area contributed by atoms with E-state index < -0.39 is 0 Å². The van der Waals surface area contributed by atoms with Crippen LogP contribution >= 0.6 is 43.5 Å². The largest absolute Gasteiger partial charge is 0.354 e. The minimum atomic E-state index is 0.271. The van der Waals surface area contributed by atoms with Gasteiger partial charge < -0.3 is 11.1 Å². The van der Waals surface area contributed by atoms with Gasteiger partial charge in [-0.05, 0) is 74.7 Å². The molecule has 0 aliphatic rings. The van der Waals surface area contributed by atoms with Crippen LogP contribution in [0.25, 0.3) is 0 Å². The molecule has 0 radical (unpaired) electrons. The van der Waals surface area contributed by atoms with Crippen molar-refractivity contribution >= 4 is 49.4 Å². The van der Waals surface area contributed by atoms with Gasteiger partial charge in [-0.3, -0.25) is 0 Å². The Balaban J connectivity index is 0.000000413. The molecule has 9 heteroatoms. The van der Waals surface area contributed by atoms with Gasteiger partial charge in [0.05, 0.1) is 8.95 Å². The molecule has 0 unspecified atom stereocenters. The zero-order valence-electron chi connectivity index (χ0n) is 16.3. The van der Waals surface area contributed by atoms with Crippen LogP contribution in [0.1, 0.15) is 40.5 Å². The molecule has 27 heavy (non-hydrogen) atoms. The number of hydrogen-bond acceptors (Lipinski definition) is 6. The molecule has 2 heterocycles. The van der Waals surface area contributed by atoms with Crippen LogP contribution in [0.5, 0.6) is 0 Å². The Labute approximate surface area is 184 Å². The van der Waals surface area contributed by atoms with Gasteiger partial charge in [-0.15, -0.1) is 0 Å². The number of rotatable bonds is 6. The number of nitrogens with two attached hydrogens (primary N) is 1. The summed E-state index contributed by atoms with van der Waals surface area (Å²) in [4.78, 5) is 15.6. The van der Waals surface area contributed by atoms with Crippen molar-refractivity contribution in [3.63, 3.8) is 0 Å². The number of nitrogens with one attached hydrogen (secondary N) is 1. The highest BCUT2D eigenvalue weighted by Crippen LogP contribution is 2.07. The van der Waals surface area contributed by atoms with Gasteiger partial charge in [0, 0.05) is 31.3 Å². The Bertz CT molecular complexity index is 573. The van der Waals surface area contributed by atoms with Crippen molar-refractivity contribution in [2.24, 2.45) is 17.6 Å². The molecule has 0 spiro atoms. The van der Waals surface area contributed by atoms with Crippen LogP contribution < -0.4 is 11.1 Å². The van der Waals surface area contributed by atoms with Crippen LogP contribution in [0, 0.1) is 11.8 Å². The molecule has 0 bridgehead atoms. The number of anilines is 1. The maximum absolute atomic E-state index is 5.37. The van der Waals surface area contributed by atoms with E-state index in [-0.39, 0.29) is 5.28 Å². The van der Waals surface area contributed by atoms with Crippen LogP contribution in [-0.4, -0.2) is 33.0 Å². The highest BCUT2D eigenvalue weighted by molar-refractivity contribution is 9.10. The molecule has 0 amide bonds. The fraction of sp³-hybridized carbons (Fsp3) is 0.556. The molecule has 0 saturated heterocycles. The molecule has 0 aromatic carbocycles. The lowest BCUT2D eigenvalue weighted by Gasteiger charge is -2.05. The fourth-order valence-electron chi connectivity index (χ4n) is 1.51. The predicted molar refractivity (Wildman–Crippen MR) is 121 cm³/mol. The van der Waals surface area contributed by atoms with E-state index >= 15 is 0 Å². The van der Waals surface area contributed by atoms with Gasteiger partial charge in [-0.25, -0.2) is 19.9 Å². The third kappa shape index (κ3) is 17.0. The minimum absolute atomic E-state index is 0.271. The summed E-state index contributed by atoms with van der Waals surface area (Å²) < 4.78 is 1.74. The van der Waals surface area contributed by atoms with Gasteiger partial charge in [0.15, 0.2) is 0 Å². The zero-order valence-corrected chi connectivity index (χ0v) is 20.2. The van der Waals surface area contributed by atoms with E-state index in [2.05, 4.69) is 84.8 Å². The first kappa shape index (κ1) is 26.2. The Morgan fingerprint density at radius 2 is 1.33 bits per heavy atom. The standard InChI is InChI=1S/C9H14BrN3.C5H13N.C4H2BrClN2/c1-7(2)3-4-11-9-12-5-8(10)6-13-9;1-5(2)3-4-6;5-3-1-7-4(6)8-2-3/h5-7H,3-4H2,1-2H3,(H,11,12,13);5H,3-4,6H2,1-2H3;1-2H. The van der Waals surface area contributed by atoms with Gasteiger partial charge in [-0.1, -0.05) is 27.7 Å². The molecule has 0 fully saturated rings. The maximum atomic E-state index is 5.37. The topological polar surface area (TPSA) is 89.6 Å². The Morgan fingerprint density at radius 3 is 1.67 bits per heavy atom. The first-order chi connectivity index (χ1) is 12.7. The van der Waals surface area contributed by atoms with E-state index in [1.165, 1.54) is 0 Å². The molecule has 0 aliphatic carbocycles. The Morgan fingerprint density at radius 1 is 0.889 bits per heavy atom. The quantitative estimate of drug-likeness (QED) is 0.480. The monoisotopic (exact) mass is 522 g/mol. The lowest BCUT2D eigenvalue weighted by Crippen LogP contribution is -2.07. The predicted octanol–water partition coefficient (Wildman–Crippen LogP) is 5.58. The number of hydrogen-bond donors (Lipinski definition) is 2. The van der Waals surface area contributed by atoms with Crippen LogP contribution in [-0.2, 0) is 0 Å². The third-order valence-electron chi connectivity index (χ3n) is 2.96. The van der Waals surface area contributed by atoms with Crippen molar-refractivity contribution in [3.8, 4) is 0 Å². The SMILES string of the molecule is CC(C)CCN.CC(C)CCNc1ncc(Br)cn1.Clc1ncc(Br)cn1. The van der Waals surface area contributed by atoms with E-state index in [1.54, 1.807) is 24.8 Å². The van der Waals surface area contributed by atoms with Gasteiger partial charge >= 0.3 is 0 Å². The lowest BCUT2D eigenvalue weighted by atomic mass is 10.1. The summed E-state index contributed by atoms with van der Waals surface area (Å²) in [6.07, 6.45) is 8.96. The molecular weight excluding hydrogens is 496 g/mol. The molecule has 2 rings (SSSR count). The Kier molecular flexibility index (Phi) is 15.7. The third-order valence-corrected chi connectivity index (χ3v) is 3.97. The molecule has 2 aromatic rings. The van der Waals surface area contributed by atoms with Gasteiger partial charge in [0.25, 0.3) is 0 Å². The minimum Gasteiger partial charge on any atom is -0.354 e. The second-order valence-corrected chi connectivity index (χ2v) is 8.65. The van der Waals surface area contributed by atoms with Gasteiger partial charge in [0.1, 0.15) is 0 Å². The summed E-state index contributed by atoms with van der Waals surface area (Å²) in [5, 5.41) is 3.43. The van der Waals surface area contributed by atoms with Crippen LogP contribution in [0.4, 0.5) is 5.95 Å². The van der Waals surface area contributed by atoms with E-state index in [1.807, 2.05) is 0 Å². The first-order valence-corrected chi connectivity index (χ1v) is 10.8. The molecule has 6 nitrogen and oxygen atoms in total. The molecule has 3 N–H and O–H groups in total. The first-order valence-electron chi connectivity index (χ1n) is 8.79. The summed E-state index contributed by atoms with van der Waals surface area (Å²) in [6.45, 7) is 10.5. The molecule has 152 valence electrons. The number of nitrogens with zero attached hydrogens (tertiary/aromatic N) is 4. The smallest absolute Gasteiger partial charge is 0.222 e. The number of halogens is 3. The fourth-order valence-corrected chi connectivity index (χ4v) is 2.01. The zero-order chi connectivity index (χ0) is 20.7. The van der Waals surface area contributed by atoms with Crippen molar-refractivity contribution in [1.82, 2.24) is 19.9 Å². The van der Waals surface area contributed by atoms with Crippen LogP contribution in [0.2, 0.25) is 5.28 Å². The summed E-state index contributed by atoms with van der Waals surface area (Å²) in [7, 11) is 0. The highest BCUT2D eigenvalue weighted by Gasteiger charge is 1.96. The van der Waals surface area contributed by atoms with Crippen molar-refractivity contribution in [2.45, 2.75) is 40.5 Å². The average Bonchev–Trinajstić information content (AvgIpc) is 2.60. The number of aromatic nitrogens is 4. The van der Waals surface area contributed by atoms with E-state index in [0.29, 0.717) is 11.9 Å². The summed E-state index contributed by atoms with van der Waals surface area (Å²) in [6, 6.07) is 0. The van der Waals surface area contributed by atoms with E-state index in [9.17, 15) is 0 Å². The van der Waals surface area contributed by atoms with Crippen LogP contribution in [0.15, 0.2) is 33.7 Å². The highest BCUT2D eigenvalue weighted by atomic mass is 79.9. The average molecular weight is 525 g/mol. The second kappa shape index (κ2) is 16.2. The second-order valence-electron chi connectivity index (χ2n) is 6.48. The van der Waals surface area contributed by atoms with Crippen LogP contribution in [0.3, 0.4) is 0 Å². The van der Waals surface area contributed by atoms with Crippen molar-refractivity contribution in [2.75, 3.05) is 18.4 Å².